The van der Waals surface area contributed by atoms with Gasteiger partial charge in [-0.05, 0) is 49.4 Å². The summed E-state index contributed by atoms with van der Waals surface area (Å²) >= 11 is 0. The summed E-state index contributed by atoms with van der Waals surface area (Å²) in [4.78, 5) is 18.3. The molecular formula is C19H21FN2O2. The van der Waals surface area contributed by atoms with Gasteiger partial charge in [0.05, 0.1) is 6.61 Å². The summed E-state index contributed by atoms with van der Waals surface area (Å²) in [5.74, 6) is 0.481. The van der Waals surface area contributed by atoms with Gasteiger partial charge in [0.15, 0.2) is 11.6 Å². The zero-order valence-electron chi connectivity index (χ0n) is 13.5. The molecule has 1 saturated heterocycles. The zero-order valence-corrected chi connectivity index (χ0v) is 13.5. The molecule has 0 saturated carbocycles. The first kappa shape index (κ1) is 16.4. The maximum atomic E-state index is 13.5. The maximum Gasteiger partial charge on any atom is 0.272 e. The number of hydrogen-bond donors (Lipinski definition) is 0. The lowest BCUT2D eigenvalue weighted by atomic mass is 9.94. The van der Waals surface area contributed by atoms with Crippen molar-refractivity contribution in [3.8, 4) is 5.75 Å². The first-order valence-corrected chi connectivity index (χ1v) is 8.31. The van der Waals surface area contributed by atoms with Crippen LogP contribution < -0.4 is 4.74 Å². The van der Waals surface area contributed by atoms with Crippen molar-refractivity contribution < 1.29 is 13.9 Å². The highest BCUT2D eigenvalue weighted by molar-refractivity contribution is 5.92. The van der Waals surface area contributed by atoms with Gasteiger partial charge >= 0.3 is 0 Å². The first-order valence-electron chi connectivity index (χ1n) is 8.31. The van der Waals surface area contributed by atoms with Crippen LogP contribution in [0.15, 0.2) is 48.7 Å². The molecule has 0 unspecified atom stereocenters. The summed E-state index contributed by atoms with van der Waals surface area (Å²) in [6.07, 6.45) is 4.40. The molecule has 0 spiro atoms. The van der Waals surface area contributed by atoms with E-state index in [0.717, 1.165) is 32.4 Å². The number of nitrogens with zero attached hydrogens (tertiary/aromatic N) is 2. The number of pyridine rings is 1. The molecule has 1 amide bonds. The Morgan fingerprint density at radius 2 is 1.92 bits per heavy atom. The van der Waals surface area contributed by atoms with E-state index in [1.54, 1.807) is 36.5 Å². The van der Waals surface area contributed by atoms with Crippen molar-refractivity contribution in [1.82, 2.24) is 9.88 Å². The second-order valence-corrected chi connectivity index (χ2v) is 6.02. The summed E-state index contributed by atoms with van der Waals surface area (Å²) < 4.78 is 19.0. The molecular weight excluding hydrogens is 307 g/mol. The summed E-state index contributed by atoms with van der Waals surface area (Å²) in [6, 6.07) is 11.8. The first-order chi connectivity index (χ1) is 11.7. The minimum absolute atomic E-state index is 0.00310. The van der Waals surface area contributed by atoms with Crippen molar-refractivity contribution in [2.24, 2.45) is 5.92 Å². The van der Waals surface area contributed by atoms with Gasteiger partial charge in [0.2, 0.25) is 0 Å². The van der Waals surface area contributed by atoms with Crippen LogP contribution in [0.1, 0.15) is 29.8 Å². The smallest absolute Gasteiger partial charge is 0.272 e. The topological polar surface area (TPSA) is 42.4 Å². The predicted octanol–water partition coefficient (Wildman–Crippen LogP) is 3.54. The number of aromatic nitrogens is 1. The van der Waals surface area contributed by atoms with Crippen molar-refractivity contribution in [3.63, 3.8) is 0 Å². The molecule has 3 rings (SSSR count). The van der Waals surface area contributed by atoms with Crippen LogP contribution in [0.2, 0.25) is 0 Å². The molecule has 1 aromatic carbocycles. The number of piperidine rings is 1. The Morgan fingerprint density at radius 3 is 2.62 bits per heavy atom. The lowest BCUT2D eigenvalue weighted by Crippen LogP contribution is -2.39. The molecule has 24 heavy (non-hydrogen) atoms. The van der Waals surface area contributed by atoms with Gasteiger partial charge in [0, 0.05) is 19.3 Å². The highest BCUT2D eigenvalue weighted by Crippen LogP contribution is 2.23. The summed E-state index contributed by atoms with van der Waals surface area (Å²) in [6.45, 7) is 1.97. The summed E-state index contributed by atoms with van der Waals surface area (Å²) in [5.41, 5.74) is 0.499. The van der Waals surface area contributed by atoms with Crippen LogP contribution in [0.4, 0.5) is 4.39 Å². The Kier molecular flexibility index (Phi) is 5.41. The molecule has 2 heterocycles. The second-order valence-electron chi connectivity index (χ2n) is 6.02. The average molecular weight is 328 g/mol. The fourth-order valence-electron chi connectivity index (χ4n) is 2.97. The average Bonchev–Trinajstić information content (AvgIpc) is 2.64. The minimum Gasteiger partial charge on any atom is -0.491 e. The quantitative estimate of drug-likeness (QED) is 0.843. The third-order valence-electron chi connectivity index (χ3n) is 4.41. The number of para-hydroxylation sites is 1. The van der Waals surface area contributed by atoms with E-state index in [0.29, 0.717) is 24.0 Å². The normalized spacial score (nSPS) is 15.3. The van der Waals surface area contributed by atoms with E-state index in [9.17, 15) is 9.18 Å². The van der Waals surface area contributed by atoms with Crippen molar-refractivity contribution in [2.75, 3.05) is 19.7 Å². The highest BCUT2D eigenvalue weighted by atomic mass is 19.1. The fraction of sp³-hybridized carbons (Fsp3) is 0.368. The number of carbonyl (C=O) groups excluding carboxylic acids is 1. The fourth-order valence-corrected chi connectivity index (χ4v) is 2.97. The number of benzene rings is 1. The van der Waals surface area contributed by atoms with Crippen molar-refractivity contribution in [3.05, 3.63) is 60.2 Å². The highest BCUT2D eigenvalue weighted by Gasteiger charge is 2.24. The van der Waals surface area contributed by atoms with Crippen LogP contribution in [-0.2, 0) is 0 Å². The predicted molar refractivity (Wildman–Crippen MR) is 89.4 cm³/mol. The Balaban J connectivity index is 1.42. The van der Waals surface area contributed by atoms with Crippen molar-refractivity contribution >= 4 is 5.91 Å². The van der Waals surface area contributed by atoms with E-state index in [2.05, 4.69) is 4.98 Å². The molecule has 2 aromatic rings. The van der Waals surface area contributed by atoms with E-state index >= 15 is 0 Å². The summed E-state index contributed by atoms with van der Waals surface area (Å²) in [7, 11) is 0. The van der Waals surface area contributed by atoms with E-state index in [1.165, 1.54) is 6.07 Å². The van der Waals surface area contributed by atoms with E-state index in [1.807, 2.05) is 11.0 Å². The molecule has 0 bridgehead atoms. The van der Waals surface area contributed by atoms with Crippen LogP contribution >= 0.6 is 0 Å². The molecule has 0 aliphatic carbocycles. The summed E-state index contributed by atoms with van der Waals surface area (Å²) in [5, 5.41) is 0. The molecule has 4 nitrogen and oxygen atoms in total. The zero-order chi connectivity index (χ0) is 16.8. The second kappa shape index (κ2) is 7.90. The molecule has 1 aliphatic heterocycles. The monoisotopic (exact) mass is 328 g/mol. The SMILES string of the molecule is O=C(c1ccccn1)N1CCC(CCOc2ccccc2F)CC1. The Bertz CT molecular complexity index is 670. The standard InChI is InChI=1S/C19H21FN2O2/c20-16-5-1-2-7-18(16)24-14-10-15-8-12-22(13-9-15)19(23)17-6-3-4-11-21-17/h1-7,11,15H,8-10,12-14H2. The Hall–Kier alpha value is -2.43. The lowest BCUT2D eigenvalue weighted by Gasteiger charge is -2.31. The van der Waals surface area contributed by atoms with Gasteiger partial charge in [-0.2, -0.15) is 0 Å². The number of ether oxygens (including phenoxy) is 1. The molecule has 1 aromatic heterocycles. The molecule has 0 radical (unpaired) electrons. The molecule has 0 atom stereocenters. The molecule has 5 heteroatoms. The Labute approximate surface area is 141 Å². The molecule has 1 fully saturated rings. The van der Waals surface area contributed by atoms with Gasteiger partial charge < -0.3 is 9.64 Å². The van der Waals surface area contributed by atoms with Crippen LogP contribution in [0.5, 0.6) is 5.75 Å². The van der Waals surface area contributed by atoms with Crippen molar-refractivity contribution in [2.45, 2.75) is 19.3 Å². The number of hydrogen-bond acceptors (Lipinski definition) is 3. The van der Waals surface area contributed by atoms with Gasteiger partial charge in [-0.3, -0.25) is 9.78 Å². The molecule has 0 N–H and O–H groups in total. The van der Waals surface area contributed by atoms with Gasteiger partial charge in [-0.1, -0.05) is 18.2 Å². The van der Waals surface area contributed by atoms with Gasteiger partial charge in [-0.25, -0.2) is 4.39 Å². The number of likely N-dealkylation sites (tertiary alicyclic amines) is 1. The van der Waals surface area contributed by atoms with E-state index in [4.69, 9.17) is 4.74 Å². The number of carbonyl (C=O) groups is 1. The number of rotatable bonds is 5. The van der Waals surface area contributed by atoms with E-state index in [-0.39, 0.29) is 11.7 Å². The van der Waals surface area contributed by atoms with Crippen LogP contribution in [0, 0.1) is 11.7 Å². The molecule has 126 valence electrons. The lowest BCUT2D eigenvalue weighted by molar-refractivity contribution is 0.0673. The Morgan fingerprint density at radius 1 is 1.17 bits per heavy atom. The largest absolute Gasteiger partial charge is 0.491 e. The van der Waals surface area contributed by atoms with Gasteiger partial charge in [-0.15, -0.1) is 0 Å². The van der Waals surface area contributed by atoms with Gasteiger partial charge in [0.25, 0.3) is 5.91 Å². The number of halogens is 1. The number of amides is 1. The van der Waals surface area contributed by atoms with Crippen molar-refractivity contribution in [1.29, 1.82) is 0 Å². The van der Waals surface area contributed by atoms with Crippen LogP contribution in [-0.4, -0.2) is 35.5 Å². The maximum absolute atomic E-state index is 13.5. The minimum atomic E-state index is -0.326. The van der Waals surface area contributed by atoms with Crippen LogP contribution in [0.25, 0.3) is 0 Å². The van der Waals surface area contributed by atoms with E-state index < -0.39 is 0 Å². The third kappa shape index (κ3) is 4.10. The van der Waals surface area contributed by atoms with Gasteiger partial charge in [0.1, 0.15) is 5.69 Å². The third-order valence-corrected chi connectivity index (χ3v) is 4.41. The van der Waals surface area contributed by atoms with Crippen LogP contribution in [0.3, 0.4) is 0 Å². The molecule has 1 aliphatic rings.